The number of amides is 1. The van der Waals surface area contributed by atoms with Gasteiger partial charge in [0.15, 0.2) is 18.1 Å². The molecule has 1 N–H and O–H groups in total. The monoisotopic (exact) mass is 414 g/mol. The van der Waals surface area contributed by atoms with E-state index >= 15 is 0 Å². The molecule has 0 heterocycles. The Labute approximate surface area is 176 Å². The lowest BCUT2D eigenvalue weighted by Gasteiger charge is -2.13. The molecule has 0 saturated heterocycles. The SMILES string of the molecule is COc1cc(/C=C/C(=O)OCC(=O)Nc2ccc(N(C)C)cc2)cc(OC)c1OC. The number of ether oxygens (including phenoxy) is 4. The van der Waals surface area contributed by atoms with Crippen molar-refractivity contribution in [1.82, 2.24) is 0 Å². The van der Waals surface area contributed by atoms with Gasteiger partial charge in [0.1, 0.15) is 0 Å². The second-order valence-corrected chi connectivity index (χ2v) is 6.39. The maximum Gasteiger partial charge on any atom is 0.331 e. The predicted molar refractivity (Wildman–Crippen MR) is 115 cm³/mol. The van der Waals surface area contributed by atoms with Gasteiger partial charge in [0.25, 0.3) is 5.91 Å². The van der Waals surface area contributed by atoms with Crippen LogP contribution in [0.5, 0.6) is 17.2 Å². The molecule has 0 atom stereocenters. The fraction of sp³-hybridized carbons (Fsp3) is 0.273. The Balaban J connectivity index is 1.92. The second kappa shape index (κ2) is 10.8. The van der Waals surface area contributed by atoms with Gasteiger partial charge in [0.05, 0.1) is 21.3 Å². The first-order chi connectivity index (χ1) is 14.4. The van der Waals surface area contributed by atoms with Crippen molar-refractivity contribution in [2.75, 3.05) is 52.2 Å². The Morgan fingerprint density at radius 3 is 2.07 bits per heavy atom. The summed E-state index contributed by atoms with van der Waals surface area (Å²) in [4.78, 5) is 25.9. The van der Waals surface area contributed by atoms with Crippen molar-refractivity contribution in [2.24, 2.45) is 0 Å². The molecular formula is C22H26N2O6. The highest BCUT2D eigenvalue weighted by Crippen LogP contribution is 2.38. The van der Waals surface area contributed by atoms with E-state index in [1.807, 2.05) is 31.1 Å². The van der Waals surface area contributed by atoms with Gasteiger partial charge >= 0.3 is 5.97 Å². The van der Waals surface area contributed by atoms with Gasteiger partial charge in [0, 0.05) is 31.5 Å². The number of rotatable bonds is 9. The van der Waals surface area contributed by atoms with Crippen LogP contribution in [0.25, 0.3) is 6.08 Å². The molecule has 0 spiro atoms. The first kappa shape index (κ1) is 22.6. The molecule has 8 heteroatoms. The molecule has 0 aliphatic rings. The molecule has 30 heavy (non-hydrogen) atoms. The van der Waals surface area contributed by atoms with Gasteiger partial charge in [-0.05, 0) is 48.0 Å². The third kappa shape index (κ3) is 6.16. The second-order valence-electron chi connectivity index (χ2n) is 6.39. The maximum atomic E-state index is 12.0. The molecular weight excluding hydrogens is 388 g/mol. The molecule has 160 valence electrons. The van der Waals surface area contributed by atoms with E-state index in [4.69, 9.17) is 18.9 Å². The number of nitrogens with one attached hydrogen (secondary N) is 1. The Bertz CT molecular complexity index is 881. The van der Waals surface area contributed by atoms with Crippen molar-refractivity contribution in [3.05, 3.63) is 48.0 Å². The Morgan fingerprint density at radius 2 is 1.57 bits per heavy atom. The molecule has 2 aromatic carbocycles. The molecule has 0 unspecified atom stereocenters. The van der Waals surface area contributed by atoms with Gasteiger partial charge in [-0.1, -0.05) is 0 Å². The lowest BCUT2D eigenvalue weighted by molar-refractivity contribution is -0.142. The van der Waals surface area contributed by atoms with E-state index in [2.05, 4.69) is 5.32 Å². The first-order valence-electron chi connectivity index (χ1n) is 9.10. The quantitative estimate of drug-likeness (QED) is 0.499. The van der Waals surface area contributed by atoms with Gasteiger partial charge in [-0.15, -0.1) is 0 Å². The van der Waals surface area contributed by atoms with E-state index in [0.29, 0.717) is 28.5 Å². The average molecular weight is 414 g/mol. The number of carbonyl (C=O) groups is 2. The summed E-state index contributed by atoms with van der Waals surface area (Å²) in [7, 11) is 8.38. The van der Waals surface area contributed by atoms with E-state index in [0.717, 1.165) is 5.69 Å². The zero-order chi connectivity index (χ0) is 22.1. The Kier molecular flexibility index (Phi) is 8.10. The molecule has 8 nitrogen and oxygen atoms in total. The van der Waals surface area contributed by atoms with E-state index in [-0.39, 0.29) is 0 Å². The van der Waals surface area contributed by atoms with Gasteiger partial charge in [-0.2, -0.15) is 0 Å². The molecule has 0 bridgehead atoms. The average Bonchev–Trinajstić information content (AvgIpc) is 2.75. The van der Waals surface area contributed by atoms with Crippen LogP contribution >= 0.6 is 0 Å². The maximum absolute atomic E-state index is 12.0. The summed E-state index contributed by atoms with van der Waals surface area (Å²) in [6, 6.07) is 10.7. The van der Waals surface area contributed by atoms with E-state index < -0.39 is 18.5 Å². The smallest absolute Gasteiger partial charge is 0.331 e. The number of benzene rings is 2. The summed E-state index contributed by atoms with van der Waals surface area (Å²) >= 11 is 0. The van der Waals surface area contributed by atoms with E-state index in [1.54, 1.807) is 24.3 Å². The predicted octanol–water partition coefficient (Wildman–Crippen LogP) is 2.97. The van der Waals surface area contributed by atoms with Crippen molar-refractivity contribution in [3.63, 3.8) is 0 Å². The van der Waals surface area contributed by atoms with Gasteiger partial charge in [0.2, 0.25) is 5.75 Å². The number of carbonyl (C=O) groups excluding carboxylic acids is 2. The molecule has 2 aromatic rings. The van der Waals surface area contributed by atoms with Crippen molar-refractivity contribution in [1.29, 1.82) is 0 Å². The normalized spacial score (nSPS) is 10.4. The fourth-order valence-corrected chi connectivity index (χ4v) is 2.59. The molecule has 0 aliphatic carbocycles. The highest BCUT2D eigenvalue weighted by Gasteiger charge is 2.12. The first-order valence-corrected chi connectivity index (χ1v) is 9.10. The minimum atomic E-state index is -0.651. The van der Waals surface area contributed by atoms with Crippen LogP contribution in [-0.2, 0) is 14.3 Å². The van der Waals surface area contributed by atoms with Crippen LogP contribution in [0.2, 0.25) is 0 Å². The molecule has 0 fully saturated rings. The van der Waals surface area contributed by atoms with E-state index in [1.165, 1.54) is 33.5 Å². The van der Waals surface area contributed by atoms with Gasteiger partial charge in [-0.3, -0.25) is 4.79 Å². The third-order valence-electron chi connectivity index (χ3n) is 4.11. The van der Waals surface area contributed by atoms with Crippen LogP contribution in [0, 0.1) is 0 Å². The molecule has 1 amide bonds. The fourth-order valence-electron chi connectivity index (χ4n) is 2.59. The summed E-state index contributed by atoms with van der Waals surface area (Å²) in [5, 5.41) is 2.67. The topological polar surface area (TPSA) is 86.3 Å². The minimum Gasteiger partial charge on any atom is -0.493 e. The van der Waals surface area contributed by atoms with Crippen molar-refractivity contribution in [3.8, 4) is 17.2 Å². The summed E-state index contributed by atoms with van der Waals surface area (Å²) in [6.45, 7) is -0.395. The lowest BCUT2D eigenvalue weighted by Crippen LogP contribution is -2.20. The zero-order valence-electron chi connectivity index (χ0n) is 17.7. The number of hydrogen-bond donors (Lipinski definition) is 1. The Hall–Kier alpha value is -3.68. The van der Waals surface area contributed by atoms with Crippen molar-refractivity contribution in [2.45, 2.75) is 0 Å². The van der Waals surface area contributed by atoms with Crippen LogP contribution in [0.15, 0.2) is 42.5 Å². The van der Waals surface area contributed by atoms with Gasteiger partial charge < -0.3 is 29.2 Å². The Morgan fingerprint density at radius 1 is 0.967 bits per heavy atom. The standard InChI is InChI=1S/C22H26N2O6/c1-24(2)17-9-7-16(8-10-17)23-20(25)14-30-21(26)11-6-15-12-18(27-3)22(29-5)19(13-15)28-4/h6-13H,14H2,1-5H3,(H,23,25)/b11-6+. The molecule has 0 aliphatic heterocycles. The third-order valence-corrected chi connectivity index (χ3v) is 4.11. The molecule has 0 aromatic heterocycles. The van der Waals surface area contributed by atoms with Crippen molar-refractivity contribution >= 4 is 29.3 Å². The number of nitrogens with zero attached hydrogens (tertiary/aromatic N) is 1. The number of anilines is 2. The summed E-state index contributed by atoms with van der Waals surface area (Å²) in [5.41, 5.74) is 2.28. The van der Waals surface area contributed by atoms with Crippen LogP contribution in [0.1, 0.15) is 5.56 Å². The van der Waals surface area contributed by atoms with E-state index in [9.17, 15) is 9.59 Å². The molecule has 2 rings (SSSR count). The van der Waals surface area contributed by atoms with Crippen LogP contribution < -0.4 is 24.4 Å². The number of methoxy groups -OCH3 is 3. The van der Waals surface area contributed by atoms with Crippen LogP contribution in [0.3, 0.4) is 0 Å². The highest BCUT2D eigenvalue weighted by atomic mass is 16.5. The lowest BCUT2D eigenvalue weighted by atomic mass is 10.1. The van der Waals surface area contributed by atoms with Gasteiger partial charge in [-0.25, -0.2) is 4.79 Å². The highest BCUT2D eigenvalue weighted by molar-refractivity contribution is 5.94. The summed E-state index contributed by atoms with van der Waals surface area (Å²) < 4.78 is 20.8. The van der Waals surface area contributed by atoms with Crippen LogP contribution in [0.4, 0.5) is 11.4 Å². The largest absolute Gasteiger partial charge is 0.493 e. The van der Waals surface area contributed by atoms with Crippen LogP contribution in [-0.4, -0.2) is 53.9 Å². The zero-order valence-corrected chi connectivity index (χ0v) is 17.7. The minimum absolute atomic E-state index is 0.395. The number of esters is 1. The number of hydrogen-bond acceptors (Lipinski definition) is 7. The molecule has 0 saturated carbocycles. The van der Waals surface area contributed by atoms with Crippen molar-refractivity contribution < 1.29 is 28.5 Å². The summed E-state index contributed by atoms with van der Waals surface area (Å²) in [6.07, 6.45) is 2.75. The summed E-state index contributed by atoms with van der Waals surface area (Å²) in [5.74, 6) is 0.299. The molecule has 0 radical (unpaired) electrons.